The molecule has 0 bridgehead atoms. The molecule has 2 rings (SSSR count). The van der Waals surface area contributed by atoms with Gasteiger partial charge in [0.2, 0.25) is 5.91 Å². The first-order chi connectivity index (χ1) is 10.2. The van der Waals surface area contributed by atoms with Crippen LogP contribution in [0.5, 0.6) is 0 Å². The van der Waals surface area contributed by atoms with Gasteiger partial charge in [0, 0.05) is 25.2 Å². The Morgan fingerprint density at radius 2 is 2.05 bits per heavy atom. The van der Waals surface area contributed by atoms with E-state index in [0.29, 0.717) is 19.5 Å². The fourth-order valence-corrected chi connectivity index (χ4v) is 2.48. The quantitative estimate of drug-likeness (QED) is 0.789. The molecule has 1 aliphatic heterocycles. The molecule has 1 aromatic carbocycles. The molecule has 0 aliphatic carbocycles. The van der Waals surface area contributed by atoms with Gasteiger partial charge in [-0.05, 0) is 18.6 Å². The van der Waals surface area contributed by atoms with Crippen LogP contribution in [-0.4, -0.2) is 31.1 Å². The van der Waals surface area contributed by atoms with E-state index in [0.717, 1.165) is 24.9 Å². The summed E-state index contributed by atoms with van der Waals surface area (Å²) in [7, 11) is 0. The predicted molar refractivity (Wildman–Crippen MR) is 83.3 cm³/mol. The number of anilines is 1. The highest BCUT2D eigenvalue weighted by atomic mass is 16.2. The van der Waals surface area contributed by atoms with Crippen LogP contribution in [0.1, 0.15) is 32.6 Å². The van der Waals surface area contributed by atoms with E-state index >= 15 is 0 Å². The Labute approximate surface area is 125 Å². The van der Waals surface area contributed by atoms with Gasteiger partial charge in [-0.25, -0.2) is 4.79 Å². The summed E-state index contributed by atoms with van der Waals surface area (Å²) in [4.78, 5) is 25.5. The molecule has 114 valence electrons. The Kier molecular flexibility index (Phi) is 5.60. The SMILES string of the molecule is CCCCCNC(=O)N[C@H]1CC(=O)N(c2ccccc2)C1. The van der Waals surface area contributed by atoms with E-state index in [2.05, 4.69) is 17.6 Å². The van der Waals surface area contributed by atoms with Crippen molar-refractivity contribution in [2.24, 2.45) is 0 Å². The monoisotopic (exact) mass is 289 g/mol. The van der Waals surface area contributed by atoms with Gasteiger partial charge >= 0.3 is 6.03 Å². The van der Waals surface area contributed by atoms with Crippen LogP contribution in [0.4, 0.5) is 10.5 Å². The van der Waals surface area contributed by atoms with E-state index in [1.54, 1.807) is 4.90 Å². The van der Waals surface area contributed by atoms with E-state index in [1.165, 1.54) is 0 Å². The molecule has 0 aromatic heterocycles. The summed E-state index contributed by atoms with van der Waals surface area (Å²) < 4.78 is 0. The molecule has 21 heavy (non-hydrogen) atoms. The minimum atomic E-state index is -0.182. The summed E-state index contributed by atoms with van der Waals surface area (Å²) in [5.41, 5.74) is 0.884. The summed E-state index contributed by atoms with van der Waals surface area (Å²) in [6.07, 6.45) is 3.59. The maximum absolute atomic E-state index is 12.0. The van der Waals surface area contributed by atoms with Crippen LogP contribution in [0.2, 0.25) is 0 Å². The number of urea groups is 1. The van der Waals surface area contributed by atoms with Gasteiger partial charge in [-0.1, -0.05) is 38.0 Å². The number of rotatable bonds is 6. The van der Waals surface area contributed by atoms with Gasteiger partial charge in [0.05, 0.1) is 6.04 Å². The Morgan fingerprint density at radius 1 is 1.29 bits per heavy atom. The van der Waals surface area contributed by atoms with Crippen molar-refractivity contribution in [2.75, 3.05) is 18.0 Å². The van der Waals surface area contributed by atoms with Gasteiger partial charge in [0.1, 0.15) is 0 Å². The number of hydrogen-bond acceptors (Lipinski definition) is 2. The van der Waals surface area contributed by atoms with Gasteiger partial charge in [0.25, 0.3) is 0 Å². The van der Waals surface area contributed by atoms with Crippen molar-refractivity contribution >= 4 is 17.6 Å². The van der Waals surface area contributed by atoms with Crippen molar-refractivity contribution in [1.29, 1.82) is 0 Å². The Balaban J connectivity index is 1.79. The molecule has 5 heteroatoms. The average molecular weight is 289 g/mol. The number of hydrogen-bond donors (Lipinski definition) is 2. The fraction of sp³-hybridized carbons (Fsp3) is 0.500. The molecule has 1 atom stereocenters. The lowest BCUT2D eigenvalue weighted by molar-refractivity contribution is -0.117. The number of carbonyl (C=O) groups excluding carboxylic acids is 2. The maximum atomic E-state index is 12.0. The molecule has 1 aliphatic rings. The van der Waals surface area contributed by atoms with Gasteiger partial charge in [-0.3, -0.25) is 4.79 Å². The predicted octanol–water partition coefficient (Wildman–Crippen LogP) is 2.28. The largest absolute Gasteiger partial charge is 0.338 e. The molecular formula is C16H23N3O2. The second-order valence-electron chi connectivity index (χ2n) is 5.35. The maximum Gasteiger partial charge on any atom is 0.315 e. The fourth-order valence-electron chi connectivity index (χ4n) is 2.48. The average Bonchev–Trinajstić information content (AvgIpc) is 2.85. The second kappa shape index (κ2) is 7.67. The van der Waals surface area contributed by atoms with Crippen LogP contribution < -0.4 is 15.5 Å². The molecule has 3 amide bonds. The summed E-state index contributed by atoms with van der Waals surface area (Å²) in [6.45, 7) is 3.34. The first-order valence-electron chi connectivity index (χ1n) is 7.60. The molecule has 1 fully saturated rings. The van der Waals surface area contributed by atoms with E-state index < -0.39 is 0 Å². The van der Waals surface area contributed by atoms with Crippen LogP contribution in [0, 0.1) is 0 Å². The number of nitrogens with one attached hydrogen (secondary N) is 2. The summed E-state index contributed by atoms with van der Waals surface area (Å²) >= 11 is 0. The van der Waals surface area contributed by atoms with Crippen molar-refractivity contribution in [3.05, 3.63) is 30.3 Å². The first-order valence-corrected chi connectivity index (χ1v) is 7.60. The lowest BCUT2D eigenvalue weighted by Gasteiger charge is -2.17. The zero-order chi connectivity index (χ0) is 15.1. The molecule has 1 heterocycles. The summed E-state index contributed by atoms with van der Waals surface area (Å²) in [5, 5.41) is 5.71. The smallest absolute Gasteiger partial charge is 0.315 e. The minimum absolute atomic E-state index is 0.0532. The lowest BCUT2D eigenvalue weighted by Crippen LogP contribution is -2.43. The molecule has 0 spiro atoms. The van der Waals surface area contributed by atoms with Crippen molar-refractivity contribution in [3.8, 4) is 0 Å². The van der Waals surface area contributed by atoms with E-state index in [4.69, 9.17) is 0 Å². The molecule has 1 aromatic rings. The number of unbranched alkanes of at least 4 members (excludes halogenated alkanes) is 2. The van der Waals surface area contributed by atoms with Crippen LogP contribution in [0.25, 0.3) is 0 Å². The Bertz CT molecular complexity index is 476. The van der Waals surface area contributed by atoms with Crippen LogP contribution in [0.3, 0.4) is 0 Å². The Morgan fingerprint density at radius 3 is 2.76 bits per heavy atom. The van der Waals surface area contributed by atoms with E-state index in [9.17, 15) is 9.59 Å². The molecule has 2 N–H and O–H groups in total. The molecule has 1 saturated heterocycles. The van der Waals surface area contributed by atoms with Crippen LogP contribution in [0.15, 0.2) is 30.3 Å². The third-order valence-corrected chi connectivity index (χ3v) is 3.59. The number of benzene rings is 1. The number of nitrogens with zero attached hydrogens (tertiary/aromatic N) is 1. The zero-order valence-electron chi connectivity index (χ0n) is 12.5. The third-order valence-electron chi connectivity index (χ3n) is 3.59. The van der Waals surface area contributed by atoms with Crippen molar-refractivity contribution in [1.82, 2.24) is 10.6 Å². The standard InChI is InChI=1S/C16H23N3O2/c1-2-3-7-10-17-16(21)18-13-11-15(20)19(12-13)14-8-5-4-6-9-14/h4-6,8-9,13H,2-3,7,10-12H2,1H3,(H2,17,18,21)/t13-/m0/s1. The van der Waals surface area contributed by atoms with Crippen LogP contribution >= 0.6 is 0 Å². The normalized spacial score (nSPS) is 17.9. The summed E-state index contributed by atoms with van der Waals surface area (Å²) in [6, 6.07) is 9.25. The van der Waals surface area contributed by atoms with Gasteiger partial charge in [-0.2, -0.15) is 0 Å². The van der Waals surface area contributed by atoms with Crippen molar-refractivity contribution in [3.63, 3.8) is 0 Å². The van der Waals surface area contributed by atoms with Gasteiger partial charge in [0.15, 0.2) is 0 Å². The van der Waals surface area contributed by atoms with Gasteiger partial charge < -0.3 is 15.5 Å². The second-order valence-corrected chi connectivity index (χ2v) is 5.35. The zero-order valence-corrected chi connectivity index (χ0v) is 12.5. The molecule has 0 unspecified atom stereocenters. The Hall–Kier alpha value is -2.04. The number of para-hydroxylation sites is 1. The first kappa shape index (κ1) is 15.4. The van der Waals surface area contributed by atoms with E-state index in [-0.39, 0.29) is 18.0 Å². The van der Waals surface area contributed by atoms with Crippen LogP contribution in [-0.2, 0) is 4.79 Å². The third kappa shape index (κ3) is 4.48. The number of carbonyl (C=O) groups is 2. The van der Waals surface area contributed by atoms with Crippen molar-refractivity contribution < 1.29 is 9.59 Å². The lowest BCUT2D eigenvalue weighted by atomic mass is 10.2. The molecule has 5 nitrogen and oxygen atoms in total. The van der Waals surface area contributed by atoms with Gasteiger partial charge in [-0.15, -0.1) is 0 Å². The highest BCUT2D eigenvalue weighted by Gasteiger charge is 2.31. The minimum Gasteiger partial charge on any atom is -0.338 e. The topological polar surface area (TPSA) is 61.4 Å². The van der Waals surface area contributed by atoms with Crippen molar-refractivity contribution in [2.45, 2.75) is 38.6 Å². The molecular weight excluding hydrogens is 266 g/mol. The molecule has 0 radical (unpaired) electrons. The summed E-state index contributed by atoms with van der Waals surface area (Å²) in [5.74, 6) is 0.0532. The highest BCUT2D eigenvalue weighted by Crippen LogP contribution is 2.20. The number of amides is 3. The molecule has 0 saturated carbocycles. The highest BCUT2D eigenvalue weighted by molar-refractivity contribution is 5.96. The van der Waals surface area contributed by atoms with E-state index in [1.807, 2.05) is 30.3 Å².